The Labute approximate surface area is 266 Å². The summed E-state index contributed by atoms with van der Waals surface area (Å²) in [7, 11) is 0. The number of hydrogen-bond donors (Lipinski definition) is 4. The molecule has 4 aromatic rings. The molecule has 0 radical (unpaired) electrons. The summed E-state index contributed by atoms with van der Waals surface area (Å²) in [5.41, 5.74) is 4.57. The molecule has 2 aliphatic carbocycles. The second-order valence-electron chi connectivity index (χ2n) is 11.0. The Morgan fingerprint density at radius 2 is 0.844 bits per heavy atom. The zero-order valence-electron chi connectivity index (χ0n) is 24.7. The van der Waals surface area contributed by atoms with E-state index in [2.05, 4.69) is 21.3 Å². The highest BCUT2D eigenvalue weighted by molar-refractivity contribution is 6.39. The standard InChI is InChI=1S/C36H33ClN4O4/c37-27-13-3-10-24-30(27)35(44)26-12-5-15-29(32(26)36(24)45)41-19-7-17-39-21-20-38-16-6-18-40-28-14-4-11-25-31(28)34(43)23-9-2-1-8-22(23)33(25)42/h1-5,8-15,38-41H,6-7,16-21H2. The Bertz CT molecular complexity index is 1820. The molecule has 0 atom stereocenters. The Kier molecular flexibility index (Phi) is 9.16. The lowest BCUT2D eigenvalue weighted by molar-refractivity contribution is 0.0979. The van der Waals surface area contributed by atoms with Crippen LogP contribution in [0.5, 0.6) is 0 Å². The number of rotatable bonds is 13. The van der Waals surface area contributed by atoms with Crippen molar-refractivity contribution in [1.29, 1.82) is 0 Å². The number of anilines is 2. The van der Waals surface area contributed by atoms with Gasteiger partial charge in [-0.3, -0.25) is 19.2 Å². The minimum Gasteiger partial charge on any atom is -0.384 e. The van der Waals surface area contributed by atoms with Crippen LogP contribution in [-0.2, 0) is 0 Å². The van der Waals surface area contributed by atoms with E-state index in [1.807, 2.05) is 18.2 Å². The average molecular weight is 621 g/mol. The number of ketones is 4. The topological polar surface area (TPSA) is 116 Å². The zero-order chi connectivity index (χ0) is 31.3. The lowest BCUT2D eigenvalue weighted by Crippen LogP contribution is -2.30. The number of carbonyl (C=O) groups is 4. The molecule has 0 bridgehead atoms. The SMILES string of the molecule is O=C1c2ccccc2C(=O)c2c(NCCCNCCNCCCNc3cccc4c3C(=O)c3cccc(Cl)c3C4=O)cccc21. The lowest BCUT2D eigenvalue weighted by atomic mass is 9.83. The van der Waals surface area contributed by atoms with Crippen LogP contribution in [0.25, 0.3) is 0 Å². The molecule has 9 heteroatoms. The first-order valence-corrected chi connectivity index (χ1v) is 15.6. The maximum atomic E-state index is 13.2. The fourth-order valence-electron chi connectivity index (χ4n) is 5.94. The van der Waals surface area contributed by atoms with E-state index >= 15 is 0 Å². The minimum atomic E-state index is -0.226. The largest absolute Gasteiger partial charge is 0.384 e. The third-order valence-electron chi connectivity index (χ3n) is 8.14. The van der Waals surface area contributed by atoms with Gasteiger partial charge in [0.05, 0.1) is 21.7 Å². The van der Waals surface area contributed by atoms with Gasteiger partial charge in [0.25, 0.3) is 0 Å². The van der Waals surface area contributed by atoms with Crippen molar-refractivity contribution in [3.63, 3.8) is 0 Å². The van der Waals surface area contributed by atoms with Crippen molar-refractivity contribution in [3.8, 4) is 0 Å². The van der Waals surface area contributed by atoms with Crippen LogP contribution in [-0.4, -0.2) is 62.4 Å². The molecule has 0 spiro atoms. The third-order valence-corrected chi connectivity index (χ3v) is 8.46. The number of benzene rings is 4. The molecule has 228 valence electrons. The molecule has 4 N–H and O–H groups in total. The molecule has 0 aromatic heterocycles. The molecule has 0 saturated heterocycles. The van der Waals surface area contributed by atoms with E-state index in [0.717, 1.165) is 39.0 Å². The van der Waals surface area contributed by atoms with Crippen molar-refractivity contribution in [2.75, 3.05) is 49.9 Å². The van der Waals surface area contributed by atoms with E-state index < -0.39 is 0 Å². The second-order valence-corrected chi connectivity index (χ2v) is 11.4. The summed E-state index contributed by atoms with van der Waals surface area (Å²) in [5.74, 6) is -0.653. The van der Waals surface area contributed by atoms with Crippen LogP contribution in [0.4, 0.5) is 11.4 Å². The predicted molar refractivity (Wildman–Crippen MR) is 176 cm³/mol. The highest BCUT2D eigenvalue weighted by Gasteiger charge is 2.33. The summed E-state index contributed by atoms with van der Waals surface area (Å²) < 4.78 is 0. The van der Waals surface area contributed by atoms with Crippen LogP contribution in [0.15, 0.2) is 78.9 Å². The Hall–Kier alpha value is -4.63. The summed E-state index contributed by atoms with van der Waals surface area (Å²) in [4.78, 5) is 52.3. The van der Waals surface area contributed by atoms with Crippen LogP contribution in [0.1, 0.15) is 76.5 Å². The average Bonchev–Trinajstić information content (AvgIpc) is 3.06. The molecule has 8 nitrogen and oxygen atoms in total. The van der Waals surface area contributed by atoms with Gasteiger partial charge in [0.1, 0.15) is 0 Å². The van der Waals surface area contributed by atoms with Gasteiger partial charge < -0.3 is 21.3 Å². The van der Waals surface area contributed by atoms with Crippen LogP contribution in [0.3, 0.4) is 0 Å². The molecule has 45 heavy (non-hydrogen) atoms. The van der Waals surface area contributed by atoms with Crippen molar-refractivity contribution < 1.29 is 19.2 Å². The number of fused-ring (bicyclic) bond motifs is 4. The van der Waals surface area contributed by atoms with Crippen LogP contribution in [0.2, 0.25) is 5.02 Å². The first-order chi connectivity index (χ1) is 22.0. The van der Waals surface area contributed by atoms with E-state index in [-0.39, 0.29) is 28.7 Å². The van der Waals surface area contributed by atoms with Crippen molar-refractivity contribution in [1.82, 2.24) is 10.6 Å². The lowest BCUT2D eigenvalue weighted by Gasteiger charge is -2.21. The maximum Gasteiger partial charge on any atom is 0.196 e. The molecule has 0 heterocycles. The molecule has 0 saturated carbocycles. The fourth-order valence-corrected chi connectivity index (χ4v) is 6.20. The molecule has 0 fully saturated rings. The van der Waals surface area contributed by atoms with Gasteiger partial charge in [0.2, 0.25) is 0 Å². The quantitative estimate of drug-likeness (QED) is 0.127. The molecule has 0 unspecified atom stereocenters. The first-order valence-electron chi connectivity index (χ1n) is 15.2. The summed E-state index contributed by atoms with van der Waals surface area (Å²) >= 11 is 6.24. The normalized spacial score (nSPS) is 13.2. The number of carbonyl (C=O) groups excluding carboxylic acids is 4. The van der Waals surface area contributed by atoms with Crippen molar-refractivity contribution in [2.24, 2.45) is 0 Å². The molecule has 2 aliphatic rings. The Morgan fingerprint density at radius 3 is 1.42 bits per heavy atom. The van der Waals surface area contributed by atoms with E-state index in [9.17, 15) is 19.2 Å². The highest BCUT2D eigenvalue weighted by atomic mass is 35.5. The maximum absolute atomic E-state index is 13.2. The van der Waals surface area contributed by atoms with Gasteiger partial charge >= 0.3 is 0 Å². The third kappa shape index (κ3) is 6.04. The number of nitrogens with one attached hydrogen (secondary N) is 4. The van der Waals surface area contributed by atoms with Gasteiger partial charge in [-0.1, -0.05) is 72.3 Å². The molecular weight excluding hydrogens is 588 g/mol. The number of hydrogen-bond acceptors (Lipinski definition) is 8. The van der Waals surface area contributed by atoms with Crippen LogP contribution in [0, 0.1) is 0 Å². The molecule has 0 amide bonds. The monoisotopic (exact) mass is 620 g/mol. The van der Waals surface area contributed by atoms with E-state index in [4.69, 9.17) is 11.6 Å². The highest BCUT2D eigenvalue weighted by Crippen LogP contribution is 2.35. The summed E-state index contributed by atoms with van der Waals surface area (Å²) in [6.45, 7) is 4.53. The van der Waals surface area contributed by atoms with E-state index in [0.29, 0.717) is 68.4 Å². The molecule has 6 rings (SSSR count). The van der Waals surface area contributed by atoms with Gasteiger partial charge in [-0.05, 0) is 44.1 Å². The van der Waals surface area contributed by atoms with Gasteiger partial charge in [-0.25, -0.2) is 0 Å². The second kappa shape index (κ2) is 13.6. The molecule has 4 aromatic carbocycles. The zero-order valence-corrected chi connectivity index (χ0v) is 25.4. The van der Waals surface area contributed by atoms with E-state index in [1.165, 1.54) is 0 Å². The van der Waals surface area contributed by atoms with Crippen molar-refractivity contribution >= 4 is 46.1 Å². The summed E-state index contributed by atoms with van der Waals surface area (Å²) in [5, 5.41) is 13.8. The Balaban J connectivity index is 0.884. The summed E-state index contributed by atoms with van der Waals surface area (Å²) in [6.07, 6.45) is 1.69. The number of halogens is 1. The van der Waals surface area contributed by atoms with Crippen molar-refractivity contribution in [2.45, 2.75) is 12.8 Å². The first kappa shape index (κ1) is 30.4. The fraction of sp³-hybridized carbons (Fsp3) is 0.222. The van der Waals surface area contributed by atoms with Crippen LogP contribution >= 0.6 is 11.6 Å². The predicted octanol–water partition coefficient (Wildman–Crippen LogP) is 5.37. The minimum absolute atomic E-state index is 0.115. The van der Waals surface area contributed by atoms with Gasteiger partial charge in [0, 0.05) is 65.4 Å². The van der Waals surface area contributed by atoms with Gasteiger partial charge in [-0.2, -0.15) is 0 Å². The summed E-state index contributed by atoms with van der Waals surface area (Å²) in [6, 6.07) is 22.6. The molecule has 0 aliphatic heterocycles. The molecular formula is C36H33ClN4O4. The van der Waals surface area contributed by atoms with Gasteiger partial charge in [0.15, 0.2) is 23.1 Å². The Morgan fingerprint density at radius 1 is 0.422 bits per heavy atom. The van der Waals surface area contributed by atoms with Gasteiger partial charge in [-0.15, -0.1) is 0 Å². The van der Waals surface area contributed by atoms with Crippen molar-refractivity contribution in [3.05, 3.63) is 128 Å². The smallest absolute Gasteiger partial charge is 0.196 e. The van der Waals surface area contributed by atoms with E-state index in [1.54, 1.807) is 60.7 Å². The van der Waals surface area contributed by atoms with Crippen LogP contribution < -0.4 is 21.3 Å².